The molecule has 1 saturated heterocycles. The summed E-state index contributed by atoms with van der Waals surface area (Å²) in [6.07, 6.45) is 3.53. The van der Waals surface area contributed by atoms with E-state index in [9.17, 15) is 14.7 Å². The summed E-state index contributed by atoms with van der Waals surface area (Å²) in [6.45, 7) is 5.84. The van der Waals surface area contributed by atoms with E-state index < -0.39 is 12.1 Å². The molecule has 1 aliphatic carbocycles. The minimum atomic E-state index is -0.877. The highest BCUT2D eigenvalue weighted by Crippen LogP contribution is 2.33. The Labute approximate surface area is 185 Å². The summed E-state index contributed by atoms with van der Waals surface area (Å²) < 4.78 is 6.03. The molecule has 1 aliphatic heterocycles. The SMILES string of the molecule is CCN(c1nnc(C(CC2CCN(C(=O)O)CC2)NC(=O)c2ccc(C)s2)o1)C1CC1. The molecule has 10 heteroatoms. The molecule has 0 bridgehead atoms. The van der Waals surface area contributed by atoms with Gasteiger partial charge >= 0.3 is 12.1 Å². The highest BCUT2D eigenvalue weighted by Gasteiger charge is 2.33. The molecule has 2 amide bonds. The molecule has 1 atom stereocenters. The Morgan fingerprint density at radius 1 is 1.29 bits per heavy atom. The molecule has 1 saturated carbocycles. The minimum absolute atomic E-state index is 0.152. The Morgan fingerprint density at radius 3 is 2.61 bits per heavy atom. The molecule has 2 aliphatic rings. The van der Waals surface area contributed by atoms with Crippen LogP contribution in [0.25, 0.3) is 0 Å². The fourth-order valence-corrected chi connectivity index (χ4v) is 4.89. The van der Waals surface area contributed by atoms with E-state index in [-0.39, 0.29) is 11.8 Å². The third-order valence-corrected chi connectivity index (χ3v) is 7.03. The van der Waals surface area contributed by atoms with Gasteiger partial charge in [-0.15, -0.1) is 16.4 Å². The molecule has 2 fully saturated rings. The monoisotopic (exact) mass is 447 g/mol. The van der Waals surface area contributed by atoms with Gasteiger partial charge < -0.3 is 24.6 Å². The lowest BCUT2D eigenvalue weighted by molar-refractivity contribution is 0.0916. The molecule has 0 radical (unpaired) electrons. The lowest BCUT2D eigenvalue weighted by Gasteiger charge is -2.31. The van der Waals surface area contributed by atoms with Crippen LogP contribution in [0.2, 0.25) is 0 Å². The van der Waals surface area contributed by atoms with Gasteiger partial charge in [0, 0.05) is 30.6 Å². The molecule has 2 aromatic rings. The number of hydrogen-bond donors (Lipinski definition) is 2. The smallest absolute Gasteiger partial charge is 0.407 e. The topological polar surface area (TPSA) is 112 Å². The second-order valence-corrected chi connectivity index (χ2v) is 9.61. The van der Waals surface area contributed by atoms with Gasteiger partial charge in [0.15, 0.2) is 0 Å². The van der Waals surface area contributed by atoms with E-state index in [2.05, 4.69) is 27.3 Å². The van der Waals surface area contributed by atoms with Crippen LogP contribution in [0.3, 0.4) is 0 Å². The molecule has 168 valence electrons. The lowest BCUT2D eigenvalue weighted by Crippen LogP contribution is -2.39. The van der Waals surface area contributed by atoms with Crippen LogP contribution in [-0.2, 0) is 0 Å². The first-order valence-electron chi connectivity index (χ1n) is 10.9. The van der Waals surface area contributed by atoms with Crippen molar-refractivity contribution in [3.8, 4) is 0 Å². The summed E-state index contributed by atoms with van der Waals surface area (Å²) in [5.41, 5.74) is 0. The number of aromatic nitrogens is 2. The number of nitrogens with one attached hydrogen (secondary N) is 1. The van der Waals surface area contributed by atoms with Crippen molar-refractivity contribution in [1.82, 2.24) is 20.4 Å². The van der Waals surface area contributed by atoms with Crippen molar-refractivity contribution in [1.29, 1.82) is 0 Å². The fourth-order valence-electron chi connectivity index (χ4n) is 4.12. The maximum atomic E-state index is 12.9. The zero-order valence-electron chi connectivity index (χ0n) is 17.9. The first-order valence-corrected chi connectivity index (χ1v) is 11.7. The Kier molecular flexibility index (Phi) is 6.45. The number of hydrogen-bond acceptors (Lipinski definition) is 7. The van der Waals surface area contributed by atoms with Gasteiger partial charge in [0.1, 0.15) is 6.04 Å². The second kappa shape index (κ2) is 9.25. The maximum Gasteiger partial charge on any atom is 0.407 e. The number of anilines is 1. The van der Waals surface area contributed by atoms with E-state index in [1.54, 1.807) is 0 Å². The van der Waals surface area contributed by atoms with E-state index in [1.165, 1.54) is 16.2 Å². The average Bonchev–Trinajstić information content (AvgIpc) is 3.29. The normalized spacial score (nSPS) is 18.1. The predicted molar refractivity (Wildman–Crippen MR) is 117 cm³/mol. The zero-order valence-corrected chi connectivity index (χ0v) is 18.7. The number of piperidine rings is 1. The first-order chi connectivity index (χ1) is 14.9. The quantitative estimate of drug-likeness (QED) is 0.635. The largest absolute Gasteiger partial charge is 0.465 e. The van der Waals surface area contributed by atoms with E-state index in [1.807, 2.05) is 19.1 Å². The summed E-state index contributed by atoms with van der Waals surface area (Å²) in [6, 6.07) is 4.31. The van der Waals surface area contributed by atoms with Crippen LogP contribution in [-0.4, -0.2) is 57.9 Å². The van der Waals surface area contributed by atoms with Crippen LogP contribution in [0, 0.1) is 12.8 Å². The number of nitrogens with zero attached hydrogens (tertiary/aromatic N) is 4. The number of likely N-dealkylation sites (tertiary alicyclic amines) is 1. The van der Waals surface area contributed by atoms with Gasteiger partial charge in [0.25, 0.3) is 5.91 Å². The lowest BCUT2D eigenvalue weighted by atomic mass is 9.90. The molecular formula is C21H29N5O4S. The molecule has 3 heterocycles. The molecule has 1 unspecified atom stereocenters. The molecule has 31 heavy (non-hydrogen) atoms. The third-order valence-electron chi connectivity index (χ3n) is 6.03. The van der Waals surface area contributed by atoms with Crippen molar-refractivity contribution in [3.05, 3.63) is 27.8 Å². The Hall–Kier alpha value is -2.62. The van der Waals surface area contributed by atoms with Gasteiger partial charge in [-0.2, -0.15) is 0 Å². The van der Waals surface area contributed by atoms with Crippen molar-refractivity contribution in [2.45, 2.75) is 58.0 Å². The van der Waals surface area contributed by atoms with Crippen LogP contribution in [0.5, 0.6) is 0 Å². The van der Waals surface area contributed by atoms with Crippen molar-refractivity contribution < 1.29 is 19.1 Å². The Balaban J connectivity index is 1.49. The molecule has 2 aromatic heterocycles. The van der Waals surface area contributed by atoms with E-state index >= 15 is 0 Å². The standard InChI is InChI=1S/C21H29N5O4S/c1-3-26(15-5-6-15)20-24-23-19(30-20)16(22-18(27)17-7-4-13(2)31-17)12-14-8-10-25(11-9-14)21(28)29/h4,7,14-16H,3,5-6,8-12H2,1-2H3,(H,22,27)(H,28,29). The molecule has 2 N–H and O–H groups in total. The number of amides is 2. The zero-order chi connectivity index (χ0) is 22.0. The van der Waals surface area contributed by atoms with Crippen LogP contribution >= 0.6 is 11.3 Å². The number of carbonyl (C=O) groups excluding carboxylic acids is 1. The van der Waals surface area contributed by atoms with Crippen LogP contribution in [0.1, 0.15) is 65.5 Å². The van der Waals surface area contributed by atoms with Gasteiger partial charge in [-0.1, -0.05) is 5.10 Å². The molecule has 0 aromatic carbocycles. The Bertz CT molecular complexity index is 917. The Morgan fingerprint density at radius 2 is 2.03 bits per heavy atom. The molecule has 9 nitrogen and oxygen atoms in total. The van der Waals surface area contributed by atoms with Crippen LogP contribution in [0.15, 0.2) is 16.5 Å². The van der Waals surface area contributed by atoms with Crippen LogP contribution in [0.4, 0.5) is 10.8 Å². The predicted octanol–water partition coefficient (Wildman–Crippen LogP) is 3.68. The summed E-state index contributed by atoms with van der Waals surface area (Å²) in [7, 11) is 0. The maximum absolute atomic E-state index is 12.9. The highest BCUT2D eigenvalue weighted by atomic mass is 32.1. The van der Waals surface area contributed by atoms with Crippen molar-refractivity contribution in [2.75, 3.05) is 24.5 Å². The second-order valence-electron chi connectivity index (χ2n) is 8.33. The number of aryl methyl sites for hydroxylation is 1. The number of carboxylic acid groups (broad SMARTS) is 1. The van der Waals surface area contributed by atoms with E-state index in [4.69, 9.17) is 4.42 Å². The van der Waals surface area contributed by atoms with Gasteiger partial charge in [-0.3, -0.25) is 4.79 Å². The van der Waals surface area contributed by atoms with E-state index in [0.717, 1.165) is 37.1 Å². The summed E-state index contributed by atoms with van der Waals surface area (Å²) in [4.78, 5) is 29.3. The molecule has 4 rings (SSSR count). The van der Waals surface area contributed by atoms with E-state index in [0.29, 0.717) is 42.3 Å². The number of carbonyl (C=O) groups is 2. The number of rotatable bonds is 8. The molecule has 0 spiro atoms. The summed E-state index contributed by atoms with van der Waals surface area (Å²) >= 11 is 1.45. The van der Waals surface area contributed by atoms with Gasteiger partial charge in [-0.05, 0) is 64.0 Å². The summed E-state index contributed by atoms with van der Waals surface area (Å²) in [5.74, 6) is 0.531. The van der Waals surface area contributed by atoms with Gasteiger partial charge in [0.2, 0.25) is 5.89 Å². The fraction of sp³-hybridized carbons (Fsp3) is 0.619. The highest BCUT2D eigenvalue weighted by molar-refractivity contribution is 7.13. The van der Waals surface area contributed by atoms with Crippen molar-refractivity contribution >= 4 is 29.4 Å². The summed E-state index contributed by atoms with van der Waals surface area (Å²) in [5, 5.41) is 20.8. The first kappa shape index (κ1) is 21.6. The van der Waals surface area contributed by atoms with Gasteiger partial charge in [0.05, 0.1) is 4.88 Å². The number of thiophene rings is 1. The molecular weight excluding hydrogens is 418 g/mol. The van der Waals surface area contributed by atoms with Crippen molar-refractivity contribution in [2.24, 2.45) is 5.92 Å². The van der Waals surface area contributed by atoms with Crippen molar-refractivity contribution in [3.63, 3.8) is 0 Å². The van der Waals surface area contributed by atoms with Crippen LogP contribution < -0.4 is 10.2 Å². The minimum Gasteiger partial charge on any atom is -0.465 e. The third kappa shape index (κ3) is 5.17. The average molecular weight is 448 g/mol. The van der Waals surface area contributed by atoms with Gasteiger partial charge in [-0.25, -0.2) is 4.79 Å².